The van der Waals surface area contributed by atoms with Crippen molar-refractivity contribution in [1.82, 2.24) is 0 Å². The van der Waals surface area contributed by atoms with E-state index in [1.807, 2.05) is 158 Å². The van der Waals surface area contributed by atoms with Crippen molar-refractivity contribution in [3.8, 4) is 58.9 Å². The highest BCUT2D eigenvalue weighted by atomic mass is 16.5. The molecule has 0 heterocycles. The smallest absolute Gasteiger partial charge is 0.145 e. The highest BCUT2D eigenvalue weighted by Gasteiger charge is 2.17. The summed E-state index contributed by atoms with van der Waals surface area (Å²) in [6, 6.07) is 51.2. The molecular weight excluding hydrogens is 544 g/mol. The van der Waals surface area contributed by atoms with Gasteiger partial charge in [-0.1, -0.05) is 138 Å². The molecule has 0 N–H and O–H groups in total. The van der Waals surface area contributed by atoms with Gasteiger partial charge in [0.2, 0.25) is 0 Å². The largest absolute Gasteiger partial charge is 0.456 e. The van der Waals surface area contributed by atoms with Crippen LogP contribution in [0.4, 0.5) is 0 Å². The second-order valence-corrected chi connectivity index (χ2v) is 9.93. The first kappa shape index (κ1) is 28.5. The zero-order valence-corrected chi connectivity index (χ0v) is 24.4. The molecule has 0 radical (unpaired) electrons. The van der Waals surface area contributed by atoms with Crippen LogP contribution < -0.4 is 4.74 Å². The third kappa shape index (κ3) is 7.81. The molecule has 1 nitrogen and oxygen atoms in total. The molecule has 0 aromatic heterocycles. The van der Waals surface area contributed by atoms with Gasteiger partial charge >= 0.3 is 0 Å². The first-order valence-corrected chi connectivity index (χ1v) is 14.5. The van der Waals surface area contributed by atoms with Crippen molar-refractivity contribution in [2.24, 2.45) is 0 Å². The van der Waals surface area contributed by atoms with E-state index in [2.05, 4.69) is 47.4 Å². The molecular formula is C44H26O. The number of hydrogen-bond acceptors (Lipinski definition) is 1. The van der Waals surface area contributed by atoms with E-state index >= 15 is 0 Å². The molecule has 1 heteroatoms. The van der Waals surface area contributed by atoms with Crippen molar-refractivity contribution in [3.05, 3.63) is 202 Å². The van der Waals surface area contributed by atoms with Gasteiger partial charge in [0.1, 0.15) is 11.5 Å². The highest BCUT2D eigenvalue weighted by molar-refractivity contribution is 5.72. The summed E-state index contributed by atoms with van der Waals surface area (Å²) in [5.41, 5.74) is 6.27. The second kappa shape index (κ2) is 14.5. The summed E-state index contributed by atoms with van der Waals surface area (Å²) >= 11 is 0. The summed E-state index contributed by atoms with van der Waals surface area (Å²) in [5.74, 6) is 28.2. The molecule has 45 heavy (non-hydrogen) atoms. The van der Waals surface area contributed by atoms with Crippen molar-refractivity contribution >= 4 is 0 Å². The summed E-state index contributed by atoms with van der Waals surface area (Å²) in [4.78, 5) is 0. The Balaban J connectivity index is 1.65. The lowest BCUT2D eigenvalue weighted by Crippen LogP contribution is -2.00. The van der Waals surface area contributed by atoms with Gasteiger partial charge in [-0.25, -0.2) is 0 Å². The molecule has 208 valence electrons. The van der Waals surface area contributed by atoms with Crippen molar-refractivity contribution in [3.63, 3.8) is 0 Å². The van der Waals surface area contributed by atoms with Crippen molar-refractivity contribution < 1.29 is 4.74 Å². The third-order valence-electron chi connectivity index (χ3n) is 6.69. The minimum absolute atomic E-state index is 0.560. The first-order valence-electron chi connectivity index (χ1n) is 14.5. The van der Waals surface area contributed by atoms with E-state index in [-0.39, 0.29) is 0 Å². The van der Waals surface area contributed by atoms with Crippen LogP contribution in [0.2, 0.25) is 0 Å². The minimum atomic E-state index is 0.560. The zero-order valence-electron chi connectivity index (χ0n) is 24.4. The Morgan fingerprint density at radius 3 is 1.11 bits per heavy atom. The van der Waals surface area contributed by atoms with Gasteiger partial charge in [0, 0.05) is 27.8 Å². The van der Waals surface area contributed by atoms with E-state index in [9.17, 15) is 0 Å². The van der Waals surface area contributed by atoms with E-state index in [1.54, 1.807) is 0 Å². The molecule has 6 aromatic rings. The average Bonchev–Trinajstić information content (AvgIpc) is 3.11. The molecule has 0 saturated carbocycles. The van der Waals surface area contributed by atoms with E-state index < -0.39 is 0 Å². The zero-order chi connectivity index (χ0) is 30.5. The lowest BCUT2D eigenvalue weighted by molar-refractivity contribution is 0.481. The van der Waals surface area contributed by atoms with E-state index in [1.165, 1.54) is 0 Å². The molecule has 0 amide bonds. The minimum Gasteiger partial charge on any atom is -0.456 e. The molecule has 0 aliphatic carbocycles. The summed E-state index contributed by atoms with van der Waals surface area (Å²) in [6.45, 7) is 0. The number of para-hydroxylation sites is 1. The molecule has 0 aliphatic rings. The quantitative estimate of drug-likeness (QED) is 0.189. The van der Waals surface area contributed by atoms with Crippen molar-refractivity contribution in [1.29, 1.82) is 0 Å². The van der Waals surface area contributed by atoms with Crippen molar-refractivity contribution in [2.75, 3.05) is 0 Å². The van der Waals surface area contributed by atoms with Crippen LogP contribution in [0.3, 0.4) is 0 Å². The van der Waals surface area contributed by atoms with Gasteiger partial charge in [0.05, 0.1) is 16.7 Å². The Hall–Kier alpha value is -6.64. The number of hydrogen-bond donors (Lipinski definition) is 0. The third-order valence-corrected chi connectivity index (χ3v) is 6.69. The van der Waals surface area contributed by atoms with Gasteiger partial charge in [0.15, 0.2) is 0 Å². The van der Waals surface area contributed by atoms with Gasteiger partial charge in [-0.15, -0.1) is 0 Å². The summed E-state index contributed by atoms with van der Waals surface area (Å²) in [6.07, 6.45) is 0. The summed E-state index contributed by atoms with van der Waals surface area (Å²) < 4.78 is 6.51. The number of benzene rings is 6. The molecule has 0 aliphatic heterocycles. The first-order chi connectivity index (χ1) is 22.3. The van der Waals surface area contributed by atoms with Gasteiger partial charge < -0.3 is 4.74 Å². The Bertz CT molecular complexity index is 2150. The van der Waals surface area contributed by atoms with E-state index in [0.29, 0.717) is 33.8 Å². The van der Waals surface area contributed by atoms with E-state index in [0.717, 1.165) is 22.3 Å². The average molecular weight is 571 g/mol. The van der Waals surface area contributed by atoms with Crippen LogP contribution in [0.25, 0.3) is 0 Å². The summed E-state index contributed by atoms with van der Waals surface area (Å²) in [5, 5.41) is 0. The monoisotopic (exact) mass is 570 g/mol. The lowest BCUT2D eigenvalue weighted by Gasteiger charge is -2.13. The molecule has 6 aromatic carbocycles. The fourth-order valence-electron chi connectivity index (χ4n) is 4.46. The highest BCUT2D eigenvalue weighted by Crippen LogP contribution is 2.32. The van der Waals surface area contributed by atoms with Crippen LogP contribution in [0.1, 0.15) is 44.5 Å². The molecule has 0 saturated heterocycles. The molecule has 0 fully saturated rings. The van der Waals surface area contributed by atoms with Crippen LogP contribution in [0.5, 0.6) is 11.5 Å². The predicted octanol–water partition coefficient (Wildman–Crippen LogP) is 9.08. The Morgan fingerprint density at radius 1 is 0.311 bits per heavy atom. The Morgan fingerprint density at radius 2 is 0.667 bits per heavy atom. The summed E-state index contributed by atoms with van der Waals surface area (Å²) in [7, 11) is 0. The molecule has 0 unspecified atom stereocenters. The fraction of sp³-hybridized carbons (Fsp3) is 0. The van der Waals surface area contributed by atoms with Gasteiger partial charge in [-0.2, -0.15) is 0 Å². The maximum Gasteiger partial charge on any atom is 0.145 e. The predicted molar refractivity (Wildman–Crippen MR) is 183 cm³/mol. The molecule has 0 bridgehead atoms. The van der Waals surface area contributed by atoms with Gasteiger partial charge in [-0.3, -0.25) is 0 Å². The topological polar surface area (TPSA) is 9.23 Å². The van der Waals surface area contributed by atoms with Gasteiger partial charge in [0.25, 0.3) is 0 Å². The molecule has 6 rings (SSSR count). The SMILES string of the molecule is C(#Cc1cc(Oc2ccccc2)c(C#Cc2ccccc2)c(C#Cc2ccccc2)c1C#Cc1ccccc1)c1ccccc1. The lowest BCUT2D eigenvalue weighted by atomic mass is 9.94. The molecule has 0 spiro atoms. The van der Waals surface area contributed by atoms with Crippen LogP contribution in [-0.2, 0) is 0 Å². The Labute approximate surface area is 265 Å². The maximum atomic E-state index is 6.51. The maximum absolute atomic E-state index is 6.51. The number of rotatable bonds is 2. The van der Waals surface area contributed by atoms with Crippen LogP contribution in [0, 0.1) is 47.4 Å². The fourth-order valence-corrected chi connectivity index (χ4v) is 4.46. The van der Waals surface area contributed by atoms with Gasteiger partial charge in [-0.05, 0) is 66.7 Å². The molecule has 0 atom stereocenters. The number of ether oxygens (including phenoxy) is 1. The normalized spacial score (nSPS) is 9.51. The van der Waals surface area contributed by atoms with Crippen LogP contribution in [-0.4, -0.2) is 0 Å². The van der Waals surface area contributed by atoms with Crippen LogP contribution >= 0.6 is 0 Å². The Kier molecular flexibility index (Phi) is 9.18. The van der Waals surface area contributed by atoms with E-state index in [4.69, 9.17) is 4.74 Å². The second-order valence-electron chi connectivity index (χ2n) is 9.93. The van der Waals surface area contributed by atoms with Crippen molar-refractivity contribution in [2.45, 2.75) is 0 Å². The standard InChI is InChI=1S/C44H26O/c1-6-16-35(17-7-1)26-30-39-34-44(45-40-24-14-5-15-25-40)43(33-29-38-22-12-4-13-23-38)42(32-28-37-20-10-3-11-21-37)41(39)31-27-36-18-8-2-9-19-36/h1-25,34H. The van der Waals surface area contributed by atoms with Crippen LogP contribution in [0.15, 0.2) is 158 Å².